The molecule has 2 bridgehead atoms. The third-order valence-electron chi connectivity index (χ3n) is 6.64. The molecule has 0 fully saturated rings. The molecular formula is C30H48N4O9. The molecule has 2 heterocycles. The van der Waals surface area contributed by atoms with Gasteiger partial charge in [0, 0.05) is 19.4 Å². The Morgan fingerprint density at radius 2 is 1.81 bits per heavy atom. The predicted octanol–water partition coefficient (Wildman–Crippen LogP) is 2.35. The van der Waals surface area contributed by atoms with Crippen LogP contribution < -0.4 is 26.0 Å². The first-order valence-electron chi connectivity index (χ1n) is 14.8. The Bertz CT molecular complexity index is 1040. The standard InChI is InChI=1S/C30H48N4O9/c1-19(2)25-18-41-17-21(35)13-15-42-22-11-9-20(10-12-22)16-24(26(36)32-25)34-28(39)33-23(27(37)38)8-6-7-14-31-29(40)43-30(3,4)5/h9-12,19,21,23-25,35H,6-8,13-18H2,1-5H3,(H,31,40)(H,32,36)(H,37,38)(H2,33,34,39)/t21-,23?,24+,25+/m0/s1. The normalized spacial score (nSPS) is 20.8. The van der Waals surface area contributed by atoms with E-state index in [-0.39, 0.29) is 38.0 Å². The van der Waals surface area contributed by atoms with Crippen LogP contribution in [0.2, 0.25) is 0 Å². The van der Waals surface area contributed by atoms with E-state index in [0.29, 0.717) is 38.2 Å². The summed E-state index contributed by atoms with van der Waals surface area (Å²) in [5, 5.41) is 30.5. The molecule has 1 aromatic carbocycles. The van der Waals surface area contributed by atoms with E-state index in [2.05, 4.69) is 21.3 Å². The van der Waals surface area contributed by atoms with Crippen molar-refractivity contribution in [1.29, 1.82) is 0 Å². The van der Waals surface area contributed by atoms with Gasteiger partial charge in [0.25, 0.3) is 0 Å². The highest BCUT2D eigenvalue weighted by Gasteiger charge is 2.28. The average molecular weight is 609 g/mol. The van der Waals surface area contributed by atoms with Gasteiger partial charge in [-0.1, -0.05) is 26.0 Å². The first kappa shape index (κ1) is 35.6. The molecule has 2 aliphatic rings. The van der Waals surface area contributed by atoms with E-state index < -0.39 is 47.8 Å². The van der Waals surface area contributed by atoms with Gasteiger partial charge in [-0.25, -0.2) is 14.4 Å². The second-order valence-electron chi connectivity index (χ2n) is 12.0. The number of alkyl carbamates (subject to hydrolysis) is 1. The van der Waals surface area contributed by atoms with Crippen molar-refractivity contribution in [2.45, 2.75) is 96.6 Å². The van der Waals surface area contributed by atoms with Crippen LogP contribution in [0.15, 0.2) is 24.3 Å². The van der Waals surface area contributed by atoms with Crippen molar-refractivity contribution in [3.8, 4) is 5.75 Å². The van der Waals surface area contributed by atoms with Gasteiger partial charge in [-0.15, -0.1) is 0 Å². The second-order valence-corrected chi connectivity index (χ2v) is 12.0. The number of carboxylic acids is 1. The summed E-state index contributed by atoms with van der Waals surface area (Å²) in [5.74, 6) is -1.07. The molecule has 242 valence electrons. The number of aliphatic carboxylic acids is 1. The average Bonchev–Trinajstić information content (AvgIpc) is 2.90. The van der Waals surface area contributed by atoms with Crippen molar-refractivity contribution in [2.75, 3.05) is 26.4 Å². The Morgan fingerprint density at radius 3 is 2.44 bits per heavy atom. The van der Waals surface area contributed by atoms with Crippen molar-refractivity contribution in [1.82, 2.24) is 21.3 Å². The van der Waals surface area contributed by atoms with Gasteiger partial charge in [-0.05, 0) is 63.6 Å². The van der Waals surface area contributed by atoms with Crippen molar-refractivity contribution in [2.24, 2.45) is 5.92 Å². The van der Waals surface area contributed by atoms with Gasteiger partial charge in [-0.3, -0.25) is 4.79 Å². The predicted molar refractivity (Wildman–Crippen MR) is 159 cm³/mol. The second kappa shape index (κ2) is 17.5. The number of aliphatic hydroxyl groups excluding tert-OH is 1. The van der Waals surface area contributed by atoms with Gasteiger partial charge in [0.15, 0.2) is 0 Å². The lowest BCUT2D eigenvalue weighted by Gasteiger charge is -2.27. The summed E-state index contributed by atoms with van der Waals surface area (Å²) in [6.07, 6.45) is 0.272. The lowest BCUT2D eigenvalue weighted by Crippen LogP contribution is -2.56. The zero-order valence-corrected chi connectivity index (χ0v) is 25.8. The number of unbranched alkanes of at least 4 members (excludes halogenated alkanes) is 1. The van der Waals surface area contributed by atoms with Crippen molar-refractivity contribution < 1.29 is 43.6 Å². The highest BCUT2D eigenvalue weighted by molar-refractivity contribution is 5.89. The molecule has 0 spiro atoms. The van der Waals surface area contributed by atoms with Crippen LogP contribution in [-0.4, -0.2) is 90.4 Å². The van der Waals surface area contributed by atoms with Crippen molar-refractivity contribution in [3.05, 3.63) is 29.8 Å². The SMILES string of the molecule is CC(C)[C@H]1COC[C@@H](O)CCOc2ccc(cc2)C[C@@H](NC(=O)NC(CCCCNC(=O)OC(C)(C)C)C(=O)O)C(=O)N1. The van der Waals surface area contributed by atoms with Crippen LogP contribution in [0.25, 0.3) is 0 Å². The molecule has 6 N–H and O–H groups in total. The lowest BCUT2D eigenvalue weighted by atomic mass is 10.0. The maximum Gasteiger partial charge on any atom is 0.407 e. The molecule has 4 atom stereocenters. The fraction of sp³-hybridized carbons (Fsp3) is 0.667. The molecule has 1 aromatic rings. The zero-order valence-electron chi connectivity index (χ0n) is 25.8. The van der Waals surface area contributed by atoms with Gasteiger partial charge in [0.2, 0.25) is 5.91 Å². The molecule has 1 unspecified atom stereocenters. The maximum atomic E-state index is 13.4. The Morgan fingerprint density at radius 1 is 1.12 bits per heavy atom. The largest absolute Gasteiger partial charge is 0.493 e. The number of benzene rings is 1. The number of carbonyl (C=O) groups is 4. The highest BCUT2D eigenvalue weighted by atomic mass is 16.6. The van der Waals surface area contributed by atoms with Crippen LogP contribution in [0.3, 0.4) is 0 Å². The van der Waals surface area contributed by atoms with E-state index in [1.165, 1.54) is 0 Å². The maximum absolute atomic E-state index is 13.4. The fourth-order valence-corrected chi connectivity index (χ4v) is 4.17. The molecule has 0 aliphatic carbocycles. The van der Waals surface area contributed by atoms with Crippen LogP contribution >= 0.6 is 0 Å². The van der Waals surface area contributed by atoms with E-state index in [9.17, 15) is 29.4 Å². The monoisotopic (exact) mass is 608 g/mol. The zero-order chi connectivity index (χ0) is 32.0. The molecule has 13 heteroatoms. The number of hydrogen-bond acceptors (Lipinski definition) is 8. The van der Waals surface area contributed by atoms with E-state index >= 15 is 0 Å². The van der Waals surface area contributed by atoms with E-state index in [1.54, 1.807) is 45.0 Å². The molecule has 13 nitrogen and oxygen atoms in total. The number of rotatable bonds is 9. The smallest absolute Gasteiger partial charge is 0.407 e. The first-order chi connectivity index (χ1) is 20.2. The van der Waals surface area contributed by atoms with Gasteiger partial charge in [-0.2, -0.15) is 0 Å². The number of carbonyl (C=O) groups excluding carboxylic acids is 3. The third kappa shape index (κ3) is 14.4. The van der Waals surface area contributed by atoms with Crippen LogP contribution in [-0.2, 0) is 25.5 Å². The Hall–Kier alpha value is -3.58. The number of fused-ring (bicyclic) bond motifs is 13. The number of carboxylic acid groups (broad SMARTS) is 1. The summed E-state index contributed by atoms with van der Waals surface area (Å²) in [6.45, 7) is 9.96. The van der Waals surface area contributed by atoms with Crippen molar-refractivity contribution in [3.63, 3.8) is 0 Å². The van der Waals surface area contributed by atoms with Crippen LogP contribution in [0.1, 0.15) is 65.9 Å². The van der Waals surface area contributed by atoms with Gasteiger partial charge in [0.05, 0.1) is 32.0 Å². The van der Waals surface area contributed by atoms with Gasteiger partial charge in [0.1, 0.15) is 23.4 Å². The van der Waals surface area contributed by atoms with Crippen LogP contribution in [0, 0.1) is 5.92 Å². The summed E-state index contributed by atoms with van der Waals surface area (Å²) in [4.78, 5) is 49.9. The van der Waals surface area contributed by atoms with E-state index in [0.717, 1.165) is 5.56 Å². The molecule has 0 saturated heterocycles. The van der Waals surface area contributed by atoms with E-state index in [4.69, 9.17) is 14.2 Å². The molecular weight excluding hydrogens is 560 g/mol. The molecule has 0 saturated carbocycles. The number of urea groups is 1. The van der Waals surface area contributed by atoms with Gasteiger partial charge < -0.3 is 45.7 Å². The molecule has 0 aromatic heterocycles. The number of ether oxygens (including phenoxy) is 3. The molecule has 3 rings (SSSR count). The fourth-order valence-electron chi connectivity index (χ4n) is 4.17. The Kier molecular flexibility index (Phi) is 14.5. The number of nitrogens with one attached hydrogen (secondary N) is 4. The van der Waals surface area contributed by atoms with Crippen LogP contribution in [0.5, 0.6) is 5.75 Å². The van der Waals surface area contributed by atoms with Crippen LogP contribution in [0.4, 0.5) is 9.59 Å². The number of amides is 4. The lowest BCUT2D eigenvalue weighted by molar-refractivity contribution is -0.139. The topological polar surface area (TPSA) is 185 Å². The summed E-state index contributed by atoms with van der Waals surface area (Å²) < 4.78 is 16.5. The summed E-state index contributed by atoms with van der Waals surface area (Å²) in [7, 11) is 0. The molecule has 2 aliphatic heterocycles. The Balaban J connectivity index is 2.04. The minimum absolute atomic E-state index is 0.00160. The minimum atomic E-state index is -1.22. The summed E-state index contributed by atoms with van der Waals surface area (Å²) in [6, 6.07) is 3.66. The van der Waals surface area contributed by atoms with Gasteiger partial charge >= 0.3 is 18.1 Å². The molecule has 4 amide bonds. The third-order valence-corrected chi connectivity index (χ3v) is 6.64. The number of hydrogen-bond donors (Lipinski definition) is 6. The minimum Gasteiger partial charge on any atom is -0.493 e. The first-order valence-corrected chi connectivity index (χ1v) is 14.8. The van der Waals surface area contributed by atoms with E-state index in [1.807, 2.05) is 13.8 Å². The quantitative estimate of drug-likeness (QED) is 0.229. The van der Waals surface area contributed by atoms with Crippen molar-refractivity contribution >= 4 is 24.0 Å². The highest BCUT2D eigenvalue weighted by Crippen LogP contribution is 2.15. The molecule has 0 radical (unpaired) electrons. The number of aliphatic hydroxyl groups is 1. The Labute approximate surface area is 253 Å². The summed E-state index contributed by atoms with van der Waals surface area (Å²) >= 11 is 0. The molecule has 43 heavy (non-hydrogen) atoms. The summed E-state index contributed by atoms with van der Waals surface area (Å²) in [5.41, 5.74) is 0.132.